The predicted octanol–water partition coefficient (Wildman–Crippen LogP) is 3.82. The van der Waals surface area contributed by atoms with E-state index >= 15 is 0 Å². The van der Waals surface area contributed by atoms with Crippen LogP contribution in [-0.4, -0.2) is 24.2 Å². The second-order valence-electron chi connectivity index (χ2n) is 7.27. The first-order valence-corrected chi connectivity index (χ1v) is 10.8. The van der Waals surface area contributed by atoms with Gasteiger partial charge in [-0.2, -0.15) is 0 Å². The maximum Gasteiger partial charge on any atom is 0.361 e. The van der Waals surface area contributed by atoms with Gasteiger partial charge in [0.15, 0.2) is 12.7 Å². The van der Waals surface area contributed by atoms with Crippen molar-refractivity contribution in [3.05, 3.63) is 94.0 Å². The molecular formula is C24H24BrN2O3+. The first kappa shape index (κ1) is 20.4. The lowest BCUT2D eigenvalue weighted by molar-refractivity contribution is -0.947. The molecule has 30 heavy (non-hydrogen) atoms. The summed E-state index contributed by atoms with van der Waals surface area (Å²) in [6.07, 6.45) is -0.325. The lowest BCUT2D eigenvalue weighted by Gasteiger charge is -2.41. The highest BCUT2D eigenvalue weighted by Crippen LogP contribution is 2.36. The minimum absolute atomic E-state index is 0.117. The Balaban J connectivity index is 1.89. The molecule has 3 atom stereocenters. The van der Waals surface area contributed by atoms with Crippen LogP contribution >= 0.6 is 15.9 Å². The Morgan fingerprint density at radius 3 is 2.53 bits per heavy atom. The summed E-state index contributed by atoms with van der Waals surface area (Å²) < 4.78 is 6.27. The van der Waals surface area contributed by atoms with E-state index < -0.39 is 0 Å². The molecular weight excluding hydrogens is 444 g/mol. The lowest BCUT2D eigenvalue weighted by atomic mass is 9.91. The van der Waals surface area contributed by atoms with Gasteiger partial charge in [-0.15, -0.1) is 0 Å². The van der Waals surface area contributed by atoms with Crippen molar-refractivity contribution in [2.75, 3.05) is 18.5 Å². The molecule has 1 aliphatic heterocycles. The van der Waals surface area contributed by atoms with Crippen molar-refractivity contribution in [2.45, 2.75) is 19.1 Å². The number of para-hydroxylation sites is 1. The van der Waals surface area contributed by atoms with Crippen LogP contribution in [0.15, 0.2) is 77.3 Å². The minimum atomic E-state index is -0.325. The molecule has 3 aromatic rings. The van der Waals surface area contributed by atoms with Gasteiger partial charge < -0.3 is 15.2 Å². The normalized spacial score (nSPS) is 20.1. The Labute approximate surface area is 184 Å². The van der Waals surface area contributed by atoms with Crippen molar-refractivity contribution in [3.8, 4) is 5.75 Å². The van der Waals surface area contributed by atoms with Crippen LogP contribution in [0.1, 0.15) is 35.8 Å². The van der Waals surface area contributed by atoms with E-state index in [1.807, 2.05) is 49.4 Å². The van der Waals surface area contributed by atoms with E-state index in [0.717, 1.165) is 31.8 Å². The van der Waals surface area contributed by atoms with Crippen LogP contribution in [0, 0.1) is 0 Å². The van der Waals surface area contributed by atoms with Crippen LogP contribution in [0.3, 0.4) is 0 Å². The highest BCUT2D eigenvalue weighted by Gasteiger charge is 2.42. The number of phenolic OH excluding ortho intramolecular Hbond substituents is 1. The van der Waals surface area contributed by atoms with E-state index in [1.165, 1.54) is 0 Å². The number of fused-ring (bicyclic) bond motifs is 1. The third-order valence-electron chi connectivity index (χ3n) is 5.40. The average molecular weight is 468 g/mol. The highest BCUT2D eigenvalue weighted by atomic mass is 79.9. The number of carbonyl (C=O) groups excluding carboxylic acids is 1. The van der Waals surface area contributed by atoms with Crippen molar-refractivity contribution in [1.29, 1.82) is 0 Å². The molecule has 0 aliphatic carbocycles. The van der Waals surface area contributed by atoms with Crippen molar-refractivity contribution in [3.63, 3.8) is 0 Å². The molecule has 3 N–H and O–H groups in total. The smallest absolute Gasteiger partial charge is 0.361 e. The van der Waals surface area contributed by atoms with Gasteiger partial charge in [-0.3, -0.25) is 4.90 Å². The topological polar surface area (TPSA) is 63.0 Å². The second-order valence-corrected chi connectivity index (χ2v) is 8.18. The number of nitrogens with one attached hydrogen (secondary N) is 2. The SMILES string of the molecule is CCOC(=O)C[NH+]1[C@@H](c2ccccc2)c2cc(Br)ccc2N[C@@H]1c1ccccc1O. The largest absolute Gasteiger partial charge is 0.507 e. The fraction of sp³-hybridized carbons (Fsp3) is 0.208. The van der Waals surface area contributed by atoms with Gasteiger partial charge in [0.1, 0.15) is 11.8 Å². The van der Waals surface area contributed by atoms with Crippen LogP contribution in [0.4, 0.5) is 5.69 Å². The number of quaternary nitrogens is 1. The van der Waals surface area contributed by atoms with Crippen molar-refractivity contribution in [2.24, 2.45) is 0 Å². The van der Waals surface area contributed by atoms with Gasteiger partial charge in [0, 0.05) is 21.3 Å². The van der Waals surface area contributed by atoms with Gasteiger partial charge in [0.25, 0.3) is 0 Å². The van der Waals surface area contributed by atoms with Crippen LogP contribution in [0.5, 0.6) is 5.75 Å². The molecule has 6 heteroatoms. The molecule has 0 amide bonds. The summed E-state index contributed by atoms with van der Waals surface area (Å²) in [5.41, 5.74) is 3.90. The molecule has 1 unspecified atom stereocenters. The molecule has 0 aromatic heterocycles. The fourth-order valence-corrected chi connectivity index (χ4v) is 4.53. The molecule has 0 bridgehead atoms. The Morgan fingerprint density at radius 1 is 1.07 bits per heavy atom. The Kier molecular flexibility index (Phi) is 6.06. The van der Waals surface area contributed by atoms with Gasteiger partial charge in [-0.25, -0.2) is 4.79 Å². The van der Waals surface area contributed by atoms with Gasteiger partial charge >= 0.3 is 5.97 Å². The standard InChI is InChI=1S/C24H23BrN2O3/c1-2-30-22(29)15-27-23(16-8-4-3-5-9-16)19-14-17(25)12-13-20(19)26-24(27)18-10-6-7-11-21(18)28/h3-14,23-24,26,28H,2,15H2,1H3/p+1/t23-,24-/m0/s1. The van der Waals surface area contributed by atoms with Gasteiger partial charge in [0.2, 0.25) is 0 Å². The predicted molar refractivity (Wildman–Crippen MR) is 119 cm³/mol. The summed E-state index contributed by atoms with van der Waals surface area (Å²) in [7, 11) is 0. The van der Waals surface area contributed by atoms with Crippen molar-refractivity contribution >= 4 is 27.6 Å². The number of hydrogen-bond acceptors (Lipinski definition) is 4. The molecule has 154 valence electrons. The zero-order chi connectivity index (χ0) is 21.1. The Hall–Kier alpha value is -2.83. The number of rotatable bonds is 5. The van der Waals surface area contributed by atoms with E-state index in [9.17, 15) is 9.90 Å². The summed E-state index contributed by atoms with van der Waals surface area (Å²) in [5.74, 6) is -0.0715. The fourth-order valence-electron chi connectivity index (χ4n) is 4.15. The molecule has 1 heterocycles. The summed E-state index contributed by atoms with van der Waals surface area (Å²) in [4.78, 5) is 13.5. The third kappa shape index (κ3) is 4.06. The first-order chi connectivity index (χ1) is 14.6. The Morgan fingerprint density at radius 2 is 1.80 bits per heavy atom. The van der Waals surface area contributed by atoms with E-state index in [1.54, 1.807) is 12.1 Å². The Bertz CT molecular complexity index is 1040. The van der Waals surface area contributed by atoms with Crippen LogP contribution < -0.4 is 10.2 Å². The van der Waals surface area contributed by atoms with E-state index in [0.29, 0.717) is 6.61 Å². The van der Waals surface area contributed by atoms with Crippen LogP contribution in [-0.2, 0) is 9.53 Å². The maximum atomic E-state index is 12.6. The molecule has 1 aliphatic rings. The average Bonchev–Trinajstić information content (AvgIpc) is 2.74. The summed E-state index contributed by atoms with van der Waals surface area (Å²) in [5, 5.41) is 14.1. The second kappa shape index (κ2) is 8.90. The zero-order valence-electron chi connectivity index (χ0n) is 16.6. The van der Waals surface area contributed by atoms with Crippen molar-refractivity contribution in [1.82, 2.24) is 0 Å². The number of aromatic hydroxyl groups is 1. The van der Waals surface area contributed by atoms with E-state index in [4.69, 9.17) is 4.74 Å². The third-order valence-corrected chi connectivity index (χ3v) is 5.89. The van der Waals surface area contributed by atoms with Crippen molar-refractivity contribution < 1.29 is 19.5 Å². The minimum Gasteiger partial charge on any atom is -0.507 e. The molecule has 0 fully saturated rings. The summed E-state index contributed by atoms with van der Waals surface area (Å²) in [6, 6.07) is 23.4. The monoisotopic (exact) mass is 467 g/mol. The van der Waals surface area contributed by atoms with E-state index in [-0.39, 0.29) is 30.5 Å². The number of ether oxygens (including phenoxy) is 1. The number of halogens is 1. The maximum absolute atomic E-state index is 12.6. The zero-order valence-corrected chi connectivity index (χ0v) is 18.2. The lowest BCUT2D eigenvalue weighted by Crippen LogP contribution is -3.15. The molecule has 0 spiro atoms. The molecule has 4 rings (SSSR count). The van der Waals surface area contributed by atoms with E-state index in [2.05, 4.69) is 39.4 Å². The molecule has 0 saturated heterocycles. The van der Waals surface area contributed by atoms with Gasteiger partial charge in [-0.05, 0) is 37.3 Å². The van der Waals surface area contributed by atoms with Crippen LogP contribution in [0.2, 0.25) is 0 Å². The first-order valence-electron chi connectivity index (χ1n) is 9.98. The highest BCUT2D eigenvalue weighted by molar-refractivity contribution is 9.10. The number of phenols is 1. The number of anilines is 1. The number of esters is 1. The molecule has 0 saturated carbocycles. The molecule has 0 radical (unpaired) electrons. The quantitative estimate of drug-likeness (QED) is 0.499. The number of hydrogen-bond donors (Lipinski definition) is 3. The van der Waals surface area contributed by atoms with Crippen LogP contribution in [0.25, 0.3) is 0 Å². The molecule has 5 nitrogen and oxygen atoms in total. The summed E-state index contributed by atoms with van der Waals surface area (Å²) in [6.45, 7) is 2.30. The number of benzene rings is 3. The van der Waals surface area contributed by atoms with Gasteiger partial charge in [-0.1, -0.05) is 58.4 Å². The summed E-state index contributed by atoms with van der Waals surface area (Å²) >= 11 is 3.59. The number of carbonyl (C=O) groups is 1. The molecule has 3 aromatic carbocycles. The van der Waals surface area contributed by atoms with Gasteiger partial charge in [0.05, 0.1) is 12.2 Å².